The standard InChI is InChI=1S/C16H19ClN2O2/c1-12(13-5-7-14(17)8-6-13)18-16(20)11-19(2)10-15-4-3-9-21-15/h3-9,12H,10-11H2,1-2H3,(H,18,20)/p+1/t12-/m1/s1. The molecule has 2 rings (SSSR count). The molecular formula is C16H20ClN2O2+. The van der Waals surface area contributed by atoms with Crippen LogP contribution in [-0.4, -0.2) is 19.5 Å². The molecule has 1 heterocycles. The summed E-state index contributed by atoms with van der Waals surface area (Å²) in [5.41, 5.74) is 1.04. The number of furan rings is 1. The number of likely N-dealkylation sites (N-methyl/N-ethyl adjacent to an activating group) is 1. The summed E-state index contributed by atoms with van der Waals surface area (Å²) < 4.78 is 5.28. The zero-order valence-corrected chi connectivity index (χ0v) is 13.0. The minimum atomic E-state index is -0.0359. The van der Waals surface area contributed by atoms with Crippen LogP contribution in [-0.2, 0) is 11.3 Å². The van der Waals surface area contributed by atoms with Gasteiger partial charge in [0.1, 0.15) is 6.54 Å². The van der Waals surface area contributed by atoms with Gasteiger partial charge in [0.25, 0.3) is 5.91 Å². The molecule has 0 aliphatic heterocycles. The summed E-state index contributed by atoms with van der Waals surface area (Å²) in [5.74, 6) is 0.896. The zero-order valence-electron chi connectivity index (χ0n) is 12.2. The lowest BCUT2D eigenvalue weighted by molar-refractivity contribution is -0.886. The van der Waals surface area contributed by atoms with E-state index in [4.69, 9.17) is 16.0 Å². The van der Waals surface area contributed by atoms with Gasteiger partial charge in [-0.15, -0.1) is 0 Å². The molecule has 0 spiro atoms. The van der Waals surface area contributed by atoms with Crippen molar-refractivity contribution in [2.75, 3.05) is 13.6 Å². The number of hydrogen-bond acceptors (Lipinski definition) is 2. The fraction of sp³-hybridized carbons (Fsp3) is 0.312. The molecule has 0 saturated heterocycles. The van der Waals surface area contributed by atoms with Crippen molar-refractivity contribution in [3.8, 4) is 0 Å². The second kappa shape index (κ2) is 7.29. The van der Waals surface area contributed by atoms with Gasteiger partial charge in [0.05, 0.1) is 19.4 Å². The highest BCUT2D eigenvalue weighted by molar-refractivity contribution is 6.30. The predicted octanol–water partition coefficient (Wildman–Crippen LogP) is 1.83. The number of rotatable bonds is 6. The van der Waals surface area contributed by atoms with Crippen LogP contribution in [0.2, 0.25) is 5.02 Å². The fourth-order valence-corrected chi connectivity index (χ4v) is 2.30. The second-order valence-corrected chi connectivity index (χ2v) is 5.67. The molecule has 0 radical (unpaired) electrons. The molecule has 5 heteroatoms. The first-order valence-corrected chi connectivity index (χ1v) is 7.31. The van der Waals surface area contributed by atoms with Crippen molar-refractivity contribution < 1.29 is 14.1 Å². The van der Waals surface area contributed by atoms with Crippen molar-refractivity contribution in [1.82, 2.24) is 5.32 Å². The zero-order chi connectivity index (χ0) is 15.2. The molecule has 21 heavy (non-hydrogen) atoms. The number of halogens is 1. The van der Waals surface area contributed by atoms with E-state index >= 15 is 0 Å². The van der Waals surface area contributed by atoms with Crippen molar-refractivity contribution in [3.63, 3.8) is 0 Å². The minimum Gasteiger partial charge on any atom is -0.463 e. The van der Waals surface area contributed by atoms with E-state index in [1.54, 1.807) is 6.26 Å². The van der Waals surface area contributed by atoms with E-state index in [1.165, 1.54) is 0 Å². The first kappa shape index (κ1) is 15.6. The first-order valence-electron chi connectivity index (χ1n) is 6.93. The molecule has 2 N–H and O–H groups in total. The maximum atomic E-state index is 12.0. The van der Waals surface area contributed by atoms with Gasteiger partial charge in [-0.05, 0) is 36.8 Å². The van der Waals surface area contributed by atoms with E-state index in [2.05, 4.69) is 5.32 Å². The van der Waals surface area contributed by atoms with E-state index in [9.17, 15) is 4.79 Å². The number of carbonyl (C=O) groups excluding carboxylic acids is 1. The Labute approximate surface area is 129 Å². The molecule has 112 valence electrons. The number of amides is 1. The molecule has 4 nitrogen and oxygen atoms in total. The van der Waals surface area contributed by atoms with Crippen LogP contribution < -0.4 is 10.2 Å². The van der Waals surface area contributed by atoms with Crippen molar-refractivity contribution in [1.29, 1.82) is 0 Å². The third kappa shape index (κ3) is 4.92. The maximum absolute atomic E-state index is 12.0. The molecule has 2 atom stereocenters. The molecule has 0 aliphatic rings. The van der Waals surface area contributed by atoms with Crippen LogP contribution in [0.1, 0.15) is 24.3 Å². The molecule has 1 aromatic heterocycles. The maximum Gasteiger partial charge on any atom is 0.275 e. The molecule has 0 saturated carbocycles. The SMILES string of the molecule is C[C@@H](NC(=O)C[NH+](C)Cc1ccco1)c1ccc(Cl)cc1. The van der Waals surface area contributed by atoms with Gasteiger partial charge in [-0.3, -0.25) is 4.79 Å². The molecule has 1 unspecified atom stereocenters. The Morgan fingerprint density at radius 1 is 1.33 bits per heavy atom. The van der Waals surface area contributed by atoms with Crippen molar-refractivity contribution >= 4 is 17.5 Å². The summed E-state index contributed by atoms with van der Waals surface area (Å²) in [6.45, 7) is 3.05. The Bertz CT molecular complexity index is 566. The highest BCUT2D eigenvalue weighted by Gasteiger charge is 2.14. The lowest BCUT2D eigenvalue weighted by Gasteiger charge is -2.17. The fourth-order valence-electron chi connectivity index (χ4n) is 2.17. The van der Waals surface area contributed by atoms with Gasteiger partial charge in [0.2, 0.25) is 0 Å². The molecule has 2 aromatic rings. The largest absolute Gasteiger partial charge is 0.463 e. The number of hydrogen-bond donors (Lipinski definition) is 2. The van der Waals surface area contributed by atoms with E-state index in [-0.39, 0.29) is 11.9 Å². The van der Waals surface area contributed by atoms with Crippen molar-refractivity contribution in [2.45, 2.75) is 19.5 Å². The number of carbonyl (C=O) groups is 1. The monoisotopic (exact) mass is 307 g/mol. The highest BCUT2D eigenvalue weighted by Crippen LogP contribution is 2.15. The van der Waals surface area contributed by atoms with Gasteiger partial charge in [-0.25, -0.2) is 0 Å². The third-order valence-corrected chi connectivity index (χ3v) is 3.52. The van der Waals surface area contributed by atoms with Crippen LogP contribution in [0, 0.1) is 0 Å². The van der Waals surface area contributed by atoms with Crippen LogP contribution >= 0.6 is 11.6 Å². The Balaban J connectivity index is 1.82. The lowest BCUT2D eigenvalue weighted by Crippen LogP contribution is -3.08. The Hall–Kier alpha value is -1.78. The van der Waals surface area contributed by atoms with Crippen LogP contribution in [0.4, 0.5) is 0 Å². The molecule has 0 bridgehead atoms. The van der Waals surface area contributed by atoms with Gasteiger partial charge in [-0.2, -0.15) is 0 Å². The number of nitrogens with one attached hydrogen (secondary N) is 2. The highest BCUT2D eigenvalue weighted by atomic mass is 35.5. The molecule has 0 fully saturated rings. The number of quaternary nitrogens is 1. The average molecular weight is 308 g/mol. The summed E-state index contributed by atoms with van der Waals surface area (Å²) in [4.78, 5) is 13.1. The van der Waals surface area contributed by atoms with E-state index < -0.39 is 0 Å². The van der Waals surface area contributed by atoms with Gasteiger partial charge in [0.15, 0.2) is 12.3 Å². The average Bonchev–Trinajstić information content (AvgIpc) is 2.91. The normalized spacial score (nSPS) is 13.7. The van der Waals surface area contributed by atoms with Crippen molar-refractivity contribution in [3.05, 3.63) is 59.0 Å². The van der Waals surface area contributed by atoms with Gasteiger partial charge < -0.3 is 14.6 Å². The summed E-state index contributed by atoms with van der Waals surface area (Å²) >= 11 is 5.86. The predicted molar refractivity (Wildman–Crippen MR) is 82.2 cm³/mol. The number of benzene rings is 1. The molecular weight excluding hydrogens is 288 g/mol. The van der Waals surface area contributed by atoms with Gasteiger partial charge >= 0.3 is 0 Å². The van der Waals surface area contributed by atoms with Gasteiger partial charge in [0, 0.05) is 5.02 Å². The smallest absolute Gasteiger partial charge is 0.275 e. The molecule has 1 amide bonds. The van der Waals surface area contributed by atoms with Crippen LogP contribution in [0.3, 0.4) is 0 Å². The summed E-state index contributed by atoms with van der Waals surface area (Å²) in [6.07, 6.45) is 1.64. The lowest BCUT2D eigenvalue weighted by atomic mass is 10.1. The quantitative estimate of drug-likeness (QED) is 0.855. The van der Waals surface area contributed by atoms with Crippen LogP contribution in [0.15, 0.2) is 47.1 Å². The third-order valence-electron chi connectivity index (χ3n) is 3.27. The van der Waals surface area contributed by atoms with E-state index in [1.807, 2.05) is 50.4 Å². The molecule has 0 aliphatic carbocycles. The Morgan fingerprint density at radius 3 is 2.67 bits per heavy atom. The minimum absolute atomic E-state index is 0.0153. The second-order valence-electron chi connectivity index (χ2n) is 5.23. The van der Waals surface area contributed by atoms with Crippen LogP contribution in [0.5, 0.6) is 0 Å². The topological polar surface area (TPSA) is 46.7 Å². The first-order chi connectivity index (χ1) is 10.0. The Morgan fingerprint density at radius 2 is 2.05 bits per heavy atom. The summed E-state index contributed by atoms with van der Waals surface area (Å²) in [6, 6.07) is 11.2. The van der Waals surface area contributed by atoms with E-state index in [0.29, 0.717) is 18.1 Å². The van der Waals surface area contributed by atoms with Crippen molar-refractivity contribution in [2.24, 2.45) is 0 Å². The van der Waals surface area contributed by atoms with Gasteiger partial charge in [-0.1, -0.05) is 23.7 Å². The van der Waals surface area contributed by atoms with Crippen LogP contribution in [0.25, 0.3) is 0 Å². The Kier molecular flexibility index (Phi) is 5.42. The summed E-state index contributed by atoms with van der Waals surface area (Å²) in [5, 5.41) is 3.69. The van der Waals surface area contributed by atoms with E-state index in [0.717, 1.165) is 16.2 Å². The summed E-state index contributed by atoms with van der Waals surface area (Å²) in [7, 11) is 1.97. The molecule has 1 aromatic carbocycles.